The number of nitrogens with one attached hydrogen (secondary N) is 1. The molecule has 0 atom stereocenters. The van der Waals surface area contributed by atoms with Gasteiger partial charge in [-0.2, -0.15) is 0 Å². The van der Waals surface area contributed by atoms with Gasteiger partial charge in [-0.25, -0.2) is 0 Å². The molecular formula is C23H17Cl2N3O2. The highest BCUT2D eigenvalue weighted by Crippen LogP contribution is 2.41. The Morgan fingerprint density at radius 1 is 0.900 bits per heavy atom. The van der Waals surface area contributed by atoms with Crippen molar-refractivity contribution >= 4 is 68.0 Å². The van der Waals surface area contributed by atoms with Crippen molar-refractivity contribution in [1.29, 1.82) is 0 Å². The van der Waals surface area contributed by atoms with E-state index < -0.39 is 0 Å². The molecular weight excluding hydrogens is 421 g/mol. The van der Waals surface area contributed by atoms with Crippen molar-refractivity contribution in [3.8, 4) is 0 Å². The molecule has 0 bridgehead atoms. The second-order valence-electron chi connectivity index (χ2n) is 7.30. The largest absolute Gasteiger partial charge is 0.360 e. The van der Waals surface area contributed by atoms with Crippen molar-refractivity contribution < 1.29 is 9.59 Å². The second-order valence-corrected chi connectivity index (χ2v) is 8.17. The zero-order valence-electron chi connectivity index (χ0n) is 16.3. The van der Waals surface area contributed by atoms with Gasteiger partial charge in [-0.3, -0.25) is 14.5 Å². The first-order valence-corrected chi connectivity index (χ1v) is 10.3. The Morgan fingerprint density at radius 2 is 1.53 bits per heavy atom. The molecule has 7 heteroatoms. The number of nitrogens with zero attached hydrogens (tertiary/aromatic N) is 2. The number of fused-ring (bicyclic) bond motifs is 2. The van der Waals surface area contributed by atoms with Crippen LogP contribution in [0.25, 0.3) is 33.0 Å². The molecule has 2 aromatic heterocycles. The highest BCUT2D eigenvalue weighted by atomic mass is 35.5. The van der Waals surface area contributed by atoms with Crippen LogP contribution in [0.1, 0.15) is 18.1 Å². The number of likely N-dealkylation sites (N-methyl/N-ethyl adjacent to an activating group) is 1. The molecule has 0 saturated heterocycles. The lowest BCUT2D eigenvalue weighted by Gasteiger charge is -2.06. The van der Waals surface area contributed by atoms with Crippen molar-refractivity contribution in [2.24, 2.45) is 0 Å². The van der Waals surface area contributed by atoms with E-state index in [1.807, 2.05) is 35.9 Å². The number of aromatic nitrogens is 2. The Labute approximate surface area is 182 Å². The molecule has 2 amide bonds. The molecule has 0 fully saturated rings. The molecule has 1 aliphatic heterocycles. The maximum Gasteiger partial charge on any atom is 0.261 e. The molecule has 0 saturated carbocycles. The summed E-state index contributed by atoms with van der Waals surface area (Å²) in [7, 11) is 1.51. The average molecular weight is 438 g/mol. The van der Waals surface area contributed by atoms with Crippen LogP contribution >= 0.6 is 23.2 Å². The normalized spacial score (nSPS) is 14.7. The second kappa shape index (κ2) is 6.76. The first kappa shape index (κ1) is 19.0. The maximum absolute atomic E-state index is 13.2. The Kier molecular flexibility index (Phi) is 4.27. The first-order chi connectivity index (χ1) is 14.4. The molecule has 4 aromatic rings. The summed E-state index contributed by atoms with van der Waals surface area (Å²) in [5, 5.41) is 2.94. The first-order valence-electron chi connectivity index (χ1n) is 9.53. The quantitative estimate of drug-likeness (QED) is 0.438. The number of halogens is 2. The standard InChI is InChI=1S/C23H17Cl2N3O2/c1-3-28-11-17(15-7-5-13(25)9-19(15)28)21-20(22(29)27(2)23(21)30)16-10-26-18-8-12(24)4-6-14(16)18/h4-11,26H,3H2,1-2H3. The third-order valence-corrected chi connectivity index (χ3v) is 6.12. The zero-order chi connectivity index (χ0) is 21.2. The van der Waals surface area contributed by atoms with E-state index in [1.165, 1.54) is 11.9 Å². The number of hydrogen-bond acceptors (Lipinski definition) is 2. The summed E-state index contributed by atoms with van der Waals surface area (Å²) in [6.45, 7) is 2.74. The van der Waals surface area contributed by atoms with Crippen LogP contribution in [0.3, 0.4) is 0 Å². The number of aryl methyl sites for hydroxylation is 1. The predicted octanol–water partition coefficient (Wildman–Crippen LogP) is 5.36. The summed E-state index contributed by atoms with van der Waals surface area (Å²) < 4.78 is 2.03. The fraction of sp³-hybridized carbons (Fsp3) is 0.130. The lowest BCUT2D eigenvalue weighted by Crippen LogP contribution is -2.26. The van der Waals surface area contributed by atoms with Crippen molar-refractivity contribution in [1.82, 2.24) is 14.5 Å². The van der Waals surface area contributed by atoms with Gasteiger partial charge in [0, 0.05) is 63.4 Å². The maximum atomic E-state index is 13.2. The van der Waals surface area contributed by atoms with Crippen LogP contribution in [-0.4, -0.2) is 33.3 Å². The number of carbonyl (C=O) groups excluding carboxylic acids is 2. The number of carbonyl (C=O) groups is 2. The summed E-state index contributed by atoms with van der Waals surface area (Å²) >= 11 is 12.3. The fourth-order valence-corrected chi connectivity index (χ4v) is 4.51. The van der Waals surface area contributed by atoms with Gasteiger partial charge in [0.25, 0.3) is 11.8 Å². The number of benzene rings is 2. The highest BCUT2D eigenvalue weighted by molar-refractivity contribution is 6.50. The number of hydrogen-bond donors (Lipinski definition) is 1. The molecule has 0 radical (unpaired) electrons. The van der Waals surface area contributed by atoms with Gasteiger partial charge in [-0.05, 0) is 31.2 Å². The summed E-state index contributed by atoms with van der Waals surface area (Å²) in [4.78, 5) is 30.7. The molecule has 1 aliphatic rings. The predicted molar refractivity (Wildman–Crippen MR) is 121 cm³/mol. The van der Waals surface area contributed by atoms with Crippen LogP contribution < -0.4 is 0 Å². The van der Waals surface area contributed by atoms with Crippen LogP contribution in [0.15, 0.2) is 48.8 Å². The Bertz CT molecular complexity index is 1410. The lowest BCUT2D eigenvalue weighted by molar-refractivity contribution is -0.134. The van der Waals surface area contributed by atoms with Crippen LogP contribution in [0.5, 0.6) is 0 Å². The number of H-pyrrole nitrogens is 1. The summed E-state index contributed by atoms with van der Waals surface area (Å²) in [6, 6.07) is 11.0. The van der Waals surface area contributed by atoms with Gasteiger partial charge in [-0.15, -0.1) is 0 Å². The van der Waals surface area contributed by atoms with Crippen molar-refractivity contribution in [2.75, 3.05) is 7.05 Å². The van der Waals surface area contributed by atoms with Crippen molar-refractivity contribution in [3.63, 3.8) is 0 Å². The van der Waals surface area contributed by atoms with Gasteiger partial charge < -0.3 is 9.55 Å². The van der Waals surface area contributed by atoms with E-state index in [4.69, 9.17) is 23.2 Å². The van der Waals surface area contributed by atoms with Crippen LogP contribution in [0.2, 0.25) is 10.0 Å². The van der Waals surface area contributed by atoms with Crippen LogP contribution in [-0.2, 0) is 16.1 Å². The topological polar surface area (TPSA) is 58.1 Å². The average Bonchev–Trinajstić information content (AvgIpc) is 3.36. The number of imide groups is 1. The van der Waals surface area contributed by atoms with Crippen molar-refractivity contribution in [2.45, 2.75) is 13.5 Å². The summed E-state index contributed by atoms with van der Waals surface area (Å²) in [5.41, 5.74) is 3.93. The molecule has 2 aromatic carbocycles. The molecule has 5 nitrogen and oxygen atoms in total. The minimum Gasteiger partial charge on any atom is -0.360 e. The Balaban J connectivity index is 1.86. The third kappa shape index (κ3) is 2.62. The molecule has 5 rings (SSSR count). The Hall–Kier alpha value is -3.02. The molecule has 30 heavy (non-hydrogen) atoms. The van der Waals surface area contributed by atoms with E-state index in [2.05, 4.69) is 4.98 Å². The minimum atomic E-state index is -0.322. The monoisotopic (exact) mass is 437 g/mol. The number of amides is 2. The smallest absolute Gasteiger partial charge is 0.261 e. The Morgan fingerprint density at radius 3 is 2.23 bits per heavy atom. The SMILES string of the molecule is CCn1cc(C2=C(c3c[nH]c4cc(Cl)ccc34)C(=O)N(C)C2=O)c2ccc(Cl)cc21. The fourth-order valence-electron chi connectivity index (χ4n) is 4.17. The minimum absolute atomic E-state index is 0.316. The highest BCUT2D eigenvalue weighted by Gasteiger charge is 2.39. The van der Waals surface area contributed by atoms with E-state index in [-0.39, 0.29) is 11.8 Å². The van der Waals surface area contributed by atoms with Gasteiger partial charge in [0.2, 0.25) is 0 Å². The van der Waals surface area contributed by atoms with Gasteiger partial charge in [0.15, 0.2) is 0 Å². The molecule has 0 unspecified atom stereocenters. The van der Waals surface area contributed by atoms with E-state index in [0.717, 1.165) is 27.4 Å². The lowest BCUT2D eigenvalue weighted by atomic mass is 9.95. The molecule has 1 N–H and O–H groups in total. The molecule has 0 aliphatic carbocycles. The van der Waals surface area contributed by atoms with E-state index in [1.54, 1.807) is 24.4 Å². The molecule has 3 heterocycles. The van der Waals surface area contributed by atoms with Crippen LogP contribution in [0.4, 0.5) is 0 Å². The third-order valence-electron chi connectivity index (χ3n) is 5.65. The van der Waals surface area contributed by atoms with Gasteiger partial charge in [0.1, 0.15) is 0 Å². The molecule has 150 valence electrons. The molecule has 0 spiro atoms. The van der Waals surface area contributed by atoms with E-state index >= 15 is 0 Å². The van der Waals surface area contributed by atoms with Crippen molar-refractivity contribution in [3.05, 3.63) is 70.0 Å². The van der Waals surface area contributed by atoms with E-state index in [0.29, 0.717) is 33.3 Å². The summed E-state index contributed by atoms with van der Waals surface area (Å²) in [6.07, 6.45) is 3.68. The summed E-state index contributed by atoms with van der Waals surface area (Å²) in [5.74, 6) is -0.638. The van der Waals surface area contributed by atoms with Crippen LogP contribution in [0, 0.1) is 0 Å². The van der Waals surface area contributed by atoms with E-state index in [9.17, 15) is 9.59 Å². The van der Waals surface area contributed by atoms with Gasteiger partial charge in [0.05, 0.1) is 16.7 Å². The zero-order valence-corrected chi connectivity index (χ0v) is 17.8. The van der Waals surface area contributed by atoms with Gasteiger partial charge in [-0.1, -0.05) is 35.3 Å². The number of aromatic amines is 1. The number of rotatable bonds is 3. The van der Waals surface area contributed by atoms with Gasteiger partial charge >= 0.3 is 0 Å².